The first kappa shape index (κ1) is 12.2. The van der Waals surface area contributed by atoms with E-state index < -0.39 is 5.97 Å². The topological polar surface area (TPSA) is 40.5 Å². The van der Waals surface area contributed by atoms with Crippen LogP contribution in [-0.4, -0.2) is 35.6 Å². The van der Waals surface area contributed by atoms with Crippen LogP contribution >= 0.6 is 0 Å². The van der Waals surface area contributed by atoms with Crippen LogP contribution < -0.4 is 0 Å². The Morgan fingerprint density at radius 2 is 2.23 bits per heavy atom. The maximum absolute atomic E-state index is 10.4. The molecule has 0 radical (unpaired) electrons. The van der Waals surface area contributed by atoms with Crippen molar-refractivity contribution in [1.29, 1.82) is 0 Å². The van der Waals surface area contributed by atoms with Crippen LogP contribution in [-0.2, 0) is 4.79 Å². The van der Waals surface area contributed by atoms with Gasteiger partial charge in [0.1, 0.15) is 0 Å². The molecule has 0 aromatic rings. The quantitative estimate of drug-likeness (QED) is 0.462. The molecule has 0 aliphatic carbocycles. The summed E-state index contributed by atoms with van der Waals surface area (Å²) >= 11 is 0. The van der Waals surface area contributed by atoms with Crippen LogP contribution in [0.3, 0.4) is 0 Å². The number of carboxylic acids is 1. The van der Waals surface area contributed by atoms with Crippen LogP contribution in [0.15, 0.2) is 12.7 Å². The van der Waals surface area contributed by atoms with E-state index >= 15 is 0 Å². The van der Waals surface area contributed by atoms with E-state index in [0.717, 1.165) is 25.8 Å². The van der Waals surface area contributed by atoms with E-state index in [9.17, 15) is 4.79 Å². The largest absolute Gasteiger partial charge is 0.480 e. The van der Waals surface area contributed by atoms with Gasteiger partial charge in [-0.05, 0) is 13.0 Å². The average Bonchev–Trinajstić information content (AvgIpc) is 2.04. The number of carboxylic acid groups (broad SMARTS) is 1. The second-order valence-corrected chi connectivity index (χ2v) is 3.12. The van der Waals surface area contributed by atoms with E-state index in [-0.39, 0.29) is 6.54 Å². The smallest absolute Gasteiger partial charge is 0.317 e. The molecule has 0 saturated carbocycles. The normalized spacial score (nSPS) is 10.3. The Morgan fingerprint density at radius 1 is 1.54 bits per heavy atom. The molecule has 76 valence electrons. The van der Waals surface area contributed by atoms with Crippen molar-refractivity contribution >= 4 is 5.97 Å². The molecule has 0 spiro atoms. The molecule has 0 atom stereocenters. The monoisotopic (exact) mass is 185 g/mol. The van der Waals surface area contributed by atoms with E-state index in [2.05, 4.69) is 13.5 Å². The number of carbonyl (C=O) groups is 1. The van der Waals surface area contributed by atoms with Crippen LogP contribution in [0.1, 0.15) is 26.2 Å². The van der Waals surface area contributed by atoms with Crippen molar-refractivity contribution in [3.63, 3.8) is 0 Å². The molecule has 0 unspecified atom stereocenters. The summed E-state index contributed by atoms with van der Waals surface area (Å²) < 4.78 is 0. The number of nitrogens with zero attached hydrogens (tertiary/aromatic N) is 1. The highest BCUT2D eigenvalue weighted by atomic mass is 16.4. The molecular weight excluding hydrogens is 166 g/mol. The molecule has 13 heavy (non-hydrogen) atoms. The van der Waals surface area contributed by atoms with Crippen LogP contribution in [0.4, 0.5) is 0 Å². The summed E-state index contributed by atoms with van der Waals surface area (Å²) in [4.78, 5) is 12.3. The maximum Gasteiger partial charge on any atom is 0.317 e. The lowest BCUT2D eigenvalue weighted by Gasteiger charge is -2.17. The lowest BCUT2D eigenvalue weighted by molar-refractivity contribution is -0.138. The minimum atomic E-state index is -0.765. The standard InChI is InChI=1S/C10H19NO2/c1-3-5-6-8-11(7-4-2)9-10(12)13/h4H,2-3,5-9H2,1H3,(H,12,13). The number of hydrogen-bond acceptors (Lipinski definition) is 2. The predicted octanol–water partition coefficient (Wildman–Crippen LogP) is 1.75. The third-order valence-electron chi connectivity index (χ3n) is 1.82. The zero-order valence-electron chi connectivity index (χ0n) is 8.33. The molecule has 0 aromatic heterocycles. The summed E-state index contributed by atoms with van der Waals surface area (Å²) in [5.74, 6) is -0.765. The second-order valence-electron chi connectivity index (χ2n) is 3.12. The minimum absolute atomic E-state index is 0.121. The number of unbranched alkanes of at least 4 members (excludes halogenated alkanes) is 2. The fourth-order valence-corrected chi connectivity index (χ4v) is 1.19. The fraction of sp³-hybridized carbons (Fsp3) is 0.700. The molecule has 0 amide bonds. The molecule has 0 aliphatic rings. The van der Waals surface area contributed by atoms with Crippen LogP contribution in [0.5, 0.6) is 0 Å². The fourth-order valence-electron chi connectivity index (χ4n) is 1.19. The highest BCUT2D eigenvalue weighted by molar-refractivity contribution is 5.69. The van der Waals surface area contributed by atoms with Crippen molar-refractivity contribution in [2.24, 2.45) is 0 Å². The van der Waals surface area contributed by atoms with Crippen molar-refractivity contribution in [3.8, 4) is 0 Å². The Bertz CT molecular complexity index is 157. The van der Waals surface area contributed by atoms with E-state index in [1.165, 1.54) is 0 Å². The maximum atomic E-state index is 10.4. The van der Waals surface area contributed by atoms with Gasteiger partial charge in [-0.1, -0.05) is 25.8 Å². The van der Waals surface area contributed by atoms with Gasteiger partial charge in [0.25, 0.3) is 0 Å². The van der Waals surface area contributed by atoms with Gasteiger partial charge in [0.2, 0.25) is 0 Å². The van der Waals surface area contributed by atoms with Crippen molar-refractivity contribution in [1.82, 2.24) is 4.90 Å². The summed E-state index contributed by atoms with van der Waals surface area (Å²) in [7, 11) is 0. The van der Waals surface area contributed by atoms with Crippen LogP contribution in [0.2, 0.25) is 0 Å². The number of aliphatic carboxylic acids is 1. The summed E-state index contributed by atoms with van der Waals surface area (Å²) in [5.41, 5.74) is 0. The molecule has 0 fully saturated rings. The molecule has 3 heteroatoms. The zero-order valence-corrected chi connectivity index (χ0v) is 8.33. The Labute approximate surface area is 80.0 Å². The molecule has 3 nitrogen and oxygen atoms in total. The Kier molecular flexibility index (Phi) is 7.30. The van der Waals surface area contributed by atoms with Crippen LogP contribution in [0.25, 0.3) is 0 Å². The number of hydrogen-bond donors (Lipinski definition) is 1. The second kappa shape index (κ2) is 7.80. The van der Waals surface area contributed by atoms with Crippen molar-refractivity contribution in [3.05, 3.63) is 12.7 Å². The van der Waals surface area contributed by atoms with E-state index in [1.54, 1.807) is 6.08 Å². The first-order valence-corrected chi connectivity index (χ1v) is 4.75. The van der Waals surface area contributed by atoms with Gasteiger partial charge < -0.3 is 5.11 Å². The molecule has 0 saturated heterocycles. The Balaban J connectivity index is 3.65. The van der Waals surface area contributed by atoms with E-state index in [1.807, 2.05) is 4.90 Å². The molecule has 0 rings (SSSR count). The minimum Gasteiger partial charge on any atom is -0.480 e. The van der Waals surface area contributed by atoms with Crippen molar-refractivity contribution < 1.29 is 9.90 Å². The van der Waals surface area contributed by atoms with Crippen molar-refractivity contribution in [2.75, 3.05) is 19.6 Å². The van der Waals surface area contributed by atoms with Gasteiger partial charge in [0, 0.05) is 6.54 Å². The molecule has 0 aliphatic heterocycles. The summed E-state index contributed by atoms with van der Waals surface area (Å²) in [6.07, 6.45) is 5.13. The number of rotatable bonds is 8. The Hall–Kier alpha value is -0.830. The van der Waals surface area contributed by atoms with Crippen LogP contribution in [0, 0.1) is 0 Å². The summed E-state index contributed by atoms with van der Waals surface area (Å²) in [5, 5.41) is 8.59. The van der Waals surface area contributed by atoms with Gasteiger partial charge in [0.15, 0.2) is 0 Å². The zero-order chi connectivity index (χ0) is 10.1. The van der Waals surface area contributed by atoms with Gasteiger partial charge in [-0.25, -0.2) is 0 Å². The van der Waals surface area contributed by atoms with Crippen molar-refractivity contribution in [2.45, 2.75) is 26.2 Å². The SMILES string of the molecule is C=CCN(CCCCC)CC(=O)O. The molecular formula is C10H19NO2. The molecule has 0 aromatic carbocycles. The third kappa shape index (κ3) is 7.53. The molecule has 0 heterocycles. The Morgan fingerprint density at radius 3 is 2.69 bits per heavy atom. The average molecular weight is 185 g/mol. The molecule has 0 bridgehead atoms. The third-order valence-corrected chi connectivity index (χ3v) is 1.82. The highest BCUT2D eigenvalue weighted by Gasteiger charge is 2.06. The van der Waals surface area contributed by atoms with Gasteiger partial charge in [-0.2, -0.15) is 0 Å². The first-order valence-electron chi connectivity index (χ1n) is 4.75. The predicted molar refractivity (Wildman–Crippen MR) is 53.8 cm³/mol. The first-order chi connectivity index (χ1) is 6.20. The van der Waals surface area contributed by atoms with Gasteiger partial charge in [0.05, 0.1) is 6.54 Å². The van der Waals surface area contributed by atoms with Gasteiger partial charge in [-0.3, -0.25) is 9.69 Å². The lowest BCUT2D eigenvalue weighted by Crippen LogP contribution is -2.30. The summed E-state index contributed by atoms with van der Waals surface area (Å²) in [6, 6.07) is 0. The van der Waals surface area contributed by atoms with E-state index in [0.29, 0.717) is 6.54 Å². The van der Waals surface area contributed by atoms with E-state index in [4.69, 9.17) is 5.11 Å². The lowest BCUT2D eigenvalue weighted by atomic mass is 10.2. The molecule has 1 N–H and O–H groups in total. The van der Waals surface area contributed by atoms with Gasteiger partial charge in [-0.15, -0.1) is 6.58 Å². The van der Waals surface area contributed by atoms with Gasteiger partial charge >= 0.3 is 5.97 Å². The highest BCUT2D eigenvalue weighted by Crippen LogP contribution is 1.98. The summed E-state index contributed by atoms with van der Waals surface area (Å²) in [6.45, 7) is 7.37.